The lowest BCUT2D eigenvalue weighted by atomic mass is 9.99. The summed E-state index contributed by atoms with van der Waals surface area (Å²) in [5, 5.41) is 3.48. The second-order valence-electron chi connectivity index (χ2n) is 7.00. The SMILES string of the molecule is CN=C(NCC(C)c1cccc(C)c1)N1CCN(C(=O)c2ccco2)CC1. The minimum Gasteiger partial charge on any atom is -0.459 e. The predicted molar refractivity (Wildman–Crippen MR) is 107 cm³/mol. The number of benzene rings is 1. The standard InChI is InChI=1S/C21H28N4O2/c1-16-6-4-7-18(14-16)17(2)15-23-21(22-3)25-11-9-24(10-12-25)20(26)19-8-5-13-27-19/h4-8,13-14,17H,9-12,15H2,1-3H3,(H,22,23). The number of nitrogens with one attached hydrogen (secondary N) is 1. The molecule has 1 N–H and O–H groups in total. The van der Waals surface area contributed by atoms with Crippen molar-refractivity contribution in [3.63, 3.8) is 0 Å². The molecule has 2 heterocycles. The molecule has 2 aromatic rings. The molecular weight excluding hydrogens is 340 g/mol. The second-order valence-corrected chi connectivity index (χ2v) is 7.00. The summed E-state index contributed by atoms with van der Waals surface area (Å²) in [5.74, 6) is 1.64. The fourth-order valence-electron chi connectivity index (χ4n) is 3.35. The lowest BCUT2D eigenvalue weighted by molar-refractivity contribution is 0.0657. The van der Waals surface area contributed by atoms with E-state index in [1.54, 1.807) is 19.2 Å². The Kier molecular flexibility index (Phi) is 6.16. The normalized spacial score (nSPS) is 16.3. The van der Waals surface area contributed by atoms with Crippen molar-refractivity contribution < 1.29 is 9.21 Å². The number of nitrogens with zero attached hydrogens (tertiary/aromatic N) is 3. The van der Waals surface area contributed by atoms with Crippen LogP contribution in [-0.4, -0.2) is 61.4 Å². The Morgan fingerprint density at radius 1 is 1.19 bits per heavy atom. The monoisotopic (exact) mass is 368 g/mol. The number of carbonyl (C=O) groups is 1. The molecule has 1 fully saturated rings. The molecule has 6 heteroatoms. The summed E-state index contributed by atoms with van der Waals surface area (Å²) in [6, 6.07) is 12.1. The summed E-state index contributed by atoms with van der Waals surface area (Å²) in [7, 11) is 1.81. The van der Waals surface area contributed by atoms with E-state index in [0.717, 1.165) is 25.6 Å². The van der Waals surface area contributed by atoms with Gasteiger partial charge in [-0.3, -0.25) is 9.79 Å². The van der Waals surface area contributed by atoms with E-state index in [2.05, 4.69) is 53.3 Å². The number of guanidine groups is 1. The average Bonchev–Trinajstić information content (AvgIpc) is 3.23. The molecule has 6 nitrogen and oxygen atoms in total. The number of carbonyl (C=O) groups excluding carboxylic acids is 1. The first-order valence-electron chi connectivity index (χ1n) is 9.43. The Balaban J connectivity index is 1.51. The second kappa shape index (κ2) is 8.75. The Labute approximate surface area is 160 Å². The highest BCUT2D eigenvalue weighted by Gasteiger charge is 2.25. The Morgan fingerprint density at radius 3 is 2.56 bits per heavy atom. The maximum absolute atomic E-state index is 12.4. The molecular formula is C21H28N4O2. The number of hydrogen-bond donors (Lipinski definition) is 1. The maximum Gasteiger partial charge on any atom is 0.289 e. The van der Waals surface area contributed by atoms with Crippen molar-refractivity contribution >= 4 is 11.9 Å². The summed E-state index contributed by atoms with van der Waals surface area (Å²) >= 11 is 0. The summed E-state index contributed by atoms with van der Waals surface area (Å²) in [6.45, 7) is 7.99. The van der Waals surface area contributed by atoms with Gasteiger partial charge >= 0.3 is 0 Å². The molecule has 0 radical (unpaired) electrons. The van der Waals surface area contributed by atoms with Gasteiger partial charge in [-0.1, -0.05) is 36.8 Å². The van der Waals surface area contributed by atoms with Gasteiger partial charge in [-0.2, -0.15) is 0 Å². The number of amides is 1. The molecule has 0 saturated carbocycles. The van der Waals surface area contributed by atoms with Gasteiger partial charge in [0.15, 0.2) is 11.7 Å². The van der Waals surface area contributed by atoms with Crippen LogP contribution in [0.1, 0.15) is 34.5 Å². The van der Waals surface area contributed by atoms with E-state index in [1.165, 1.54) is 17.4 Å². The number of hydrogen-bond acceptors (Lipinski definition) is 3. The van der Waals surface area contributed by atoms with Crippen LogP contribution in [-0.2, 0) is 0 Å². The zero-order chi connectivity index (χ0) is 19.2. The van der Waals surface area contributed by atoms with Gasteiger partial charge in [0, 0.05) is 39.8 Å². The number of furan rings is 1. The number of aryl methyl sites for hydroxylation is 1. The Hall–Kier alpha value is -2.76. The zero-order valence-corrected chi connectivity index (χ0v) is 16.3. The van der Waals surface area contributed by atoms with Crippen LogP contribution < -0.4 is 5.32 Å². The maximum atomic E-state index is 12.4. The van der Waals surface area contributed by atoms with E-state index in [1.807, 2.05) is 4.90 Å². The van der Waals surface area contributed by atoms with Gasteiger partial charge in [0.25, 0.3) is 5.91 Å². The quantitative estimate of drug-likeness (QED) is 0.666. The van der Waals surface area contributed by atoms with E-state index >= 15 is 0 Å². The smallest absolute Gasteiger partial charge is 0.289 e. The van der Waals surface area contributed by atoms with Crippen LogP contribution in [0.25, 0.3) is 0 Å². The molecule has 0 aliphatic carbocycles. The highest BCUT2D eigenvalue weighted by atomic mass is 16.3. The van der Waals surface area contributed by atoms with Gasteiger partial charge in [0.05, 0.1) is 6.26 Å². The Bertz CT molecular complexity index is 777. The molecule has 1 aliphatic rings. The fraction of sp³-hybridized carbons (Fsp3) is 0.429. The number of piperazine rings is 1. The van der Waals surface area contributed by atoms with Gasteiger partial charge in [0.1, 0.15) is 0 Å². The van der Waals surface area contributed by atoms with Crippen molar-refractivity contribution in [3.8, 4) is 0 Å². The van der Waals surface area contributed by atoms with Crippen LogP contribution in [0, 0.1) is 6.92 Å². The van der Waals surface area contributed by atoms with Gasteiger partial charge in [-0.25, -0.2) is 0 Å². The molecule has 144 valence electrons. The largest absolute Gasteiger partial charge is 0.459 e. The molecule has 27 heavy (non-hydrogen) atoms. The third-order valence-corrected chi connectivity index (χ3v) is 4.99. The van der Waals surface area contributed by atoms with E-state index < -0.39 is 0 Å². The van der Waals surface area contributed by atoms with E-state index in [-0.39, 0.29) is 5.91 Å². The molecule has 1 saturated heterocycles. The number of rotatable bonds is 4. The van der Waals surface area contributed by atoms with Crippen molar-refractivity contribution in [2.75, 3.05) is 39.8 Å². The lowest BCUT2D eigenvalue weighted by Gasteiger charge is -2.36. The predicted octanol–water partition coefficient (Wildman–Crippen LogP) is 2.72. The summed E-state index contributed by atoms with van der Waals surface area (Å²) in [6.07, 6.45) is 1.53. The van der Waals surface area contributed by atoms with Crippen molar-refractivity contribution in [1.29, 1.82) is 0 Å². The molecule has 1 amide bonds. The van der Waals surface area contributed by atoms with Crippen LogP contribution >= 0.6 is 0 Å². The molecule has 0 bridgehead atoms. The highest BCUT2D eigenvalue weighted by Crippen LogP contribution is 2.16. The summed E-state index contributed by atoms with van der Waals surface area (Å²) in [5.41, 5.74) is 2.60. The van der Waals surface area contributed by atoms with Crippen LogP contribution in [0.5, 0.6) is 0 Å². The van der Waals surface area contributed by atoms with Crippen LogP contribution in [0.15, 0.2) is 52.1 Å². The topological polar surface area (TPSA) is 61.1 Å². The molecule has 1 aromatic carbocycles. The first-order valence-corrected chi connectivity index (χ1v) is 9.43. The van der Waals surface area contributed by atoms with Gasteiger partial charge in [-0.05, 0) is 30.5 Å². The van der Waals surface area contributed by atoms with Gasteiger partial charge in [-0.15, -0.1) is 0 Å². The summed E-state index contributed by atoms with van der Waals surface area (Å²) < 4.78 is 5.22. The molecule has 1 unspecified atom stereocenters. The molecule has 1 atom stereocenters. The average molecular weight is 368 g/mol. The van der Waals surface area contributed by atoms with Crippen molar-refractivity contribution in [2.45, 2.75) is 19.8 Å². The third kappa shape index (κ3) is 4.70. The van der Waals surface area contributed by atoms with Crippen molar-refractivity contribution in [2.24, 2.45) is 4.99 Å². The highest BCUT2D eigenvalue weighted by molar-refractivity contribution is 5.91. The Morgan fingerprint density at radius 2 is 1.93 bits per heavy atom. The minimum absolute atomic E-state index is 0.0457. The van der Waals surface area contributed by atoms with E-state index in [9.17, 15) is 4.79 Å². The minimum atomic E-state index is -0.0457. The van der Waals surface area contributed by atoms with Crippen LogP contribution in [0.2, 0.25) is 0 Å². The van der Waals surface area contributed by atoms with Crippen LogP contribution in [0.3, 0.4) is 0 Å². The number of aliphatic imine (C=N–C) groups is 1. The van der Waals surface area contributed by atoms with Crippen molar-refractivity contribution in [1.82, 2.24) is 15.1 Å². The first-order chi connectivity index (χ1) is 13.1. The van der Waals surface area contributed by atoms with Gasteiger partial charge in [0.2, 0.25) is 0 Å². The van der Waals surface area contributed by atoms with Crippen molar-refractivity contribution in [3.05, 3.63) is 59.5 Å². The first kappa shape index (κ1) is 19.0. The van der Waals surface area contributed by atoms with Crippen LogP contribution in [0.4, 0.5) is 0 Å². The fourth-order valence-corrected chi connectivity index (χ4v) is 3.35. The van der Waals surface area contributed by atoms with E-state index in [0.29, 0.717) is 24.8 Å². The van der Waals surface area contributed by atoms with E-state index in [4.69, 9.17) is 4.42 Å². The summed E-state index contributed by atoms with van der Waals surface area (Å²) in [4.78, 5) is 20.8. The third-order valence-electron chi connectivity index (χ3n) is 4.99. The van der Waals surface area contributed by atoms with Gasteiger partial charge < -0.3 is 19.5 Å². The molecule has 3 rings (SSSR count). The zero-order valence-electron chi connectivity index (χ0n) is 16.3. The molecule has 1 aliphatic heterocycles. The molecule has 0 spiro atoms. The lowest BCUT2D eigenvalue weighted by Crippen LogP contribution is -2.54. The molecule has 1 aromatic heterocycles.